The van der Waals surface area contributed by atoms with E-state index in [1.165, 1.54) is 0 Å². The predicted molar refractivity (Wildman–Crippen MR) is 73.7 cm³/mol. The Morgan fingerprint density at radius 1 is 1.26 bits per heavy atom. The molecule has 0 bridgehead atoms. The molecule has 0 radical (unpaired) electrons. The van der Waals surface area contributed by atoms with E-state index in [4.69, 9.17) is 9.47 Å². The minimum absolute atomic E-state index is 0.0942. The molecule has 0 aromatic carbocycles. The summed E-state index contributed by atoms with van der Waals surface area (Å²) < 4.78 is 10.1. The number of ether oxygens (including phenoxy) is 2. The molecule has 1 unspecified atom stereocenters. The lowest BCUT2D eigenvalue weighted by molar-refractivity contribution is -0.153. The fourth-order valence-corrected chi connectivity index (χ4v) is 1.40. The van der Waals surface area contributed by atoms with E-state index in [0.29, 0.717) is 6.42 Å². The lowest BCUT2D eigenvalue weighted by Gasteiger charge is -2.13. The third-order valence-electron chi connectivity index (χ3n) is 2.35. The predicted octanol–water partition coefficient (Wildman–Crippen LogP) is 1.77. The monoisotopic (exact) mass is 271 g/mol. The Morgan fingerprint density at radius 3 is 2.53 bits per heavy atom. The number of esters is 2. The van der Waals surface area contributed by atoms with Gasteiger partial charge in [-0.25, -0.2) is 0 Å². The summed E-state index contributed by atoms with van der Waals surface area (Å²) >= 11 is 0. The lowest BCUT2D eigenvalue weighted by Crippen LogP contribution is -2.21. The van der Waals surface area contributed by atoms with Gasteiger partial charge in [-0.3, -0.25) is 9.59 Å². The number of allylic oxidation sites excluding steroid dienone is 1. The molecule has 0 fully saturated rings. The quantitative estimate of drug-likeness (QED) is 0.472. The highest BCUT2D eigenvalue weighted by Gasteiger charge is 2.14. The Kier molecular flexibility index (Phi) is 9.80. The lowest BCUT2D eigenvalue weighted by atomic mass is 10.2. The van der Waals surface area contributed by atoms with Crippen LogP contribution in [0, 0.1) is 0 Å². The van der Waals surface area contributed by atoms with Gasteiger partial charge in [0.25, 0.3) is 0 Å². The van der Waals surface area contributed by atoms with Crippen LogP contribution < -0.4 is 0 Å². The van der Waals surface area contributed by atoms with Gasteiger partial charge in [0.2, 0.25) is 0 Å². The van der Waals surface area contributed by atoms with Crippen molar-refractivity contribution >= 4 is 11.9 Å². The highest BCUT2D eigenvalue weighted by Crippen LogP contribution is 2.03. The molecule has 1 atom stereocenters. The maximum absolute atomic E-state index is 11.5. The van der Waals surface area contributed by atoms with Crippen molar-refractivity contribution in [3.05, 3.63) is 12.2 Å². The van der Waals surface area contributed by atoms with E-state index in [2.05, 4.69) is 0 Å². The second kappa shape index (κ2) is 10.6. The zero-order chi connectivity index (χ0) is 14.7. The van der Waals surface area contributed by atoms with Gasteiger partial charge in [-0.2, -0.15) is 0 Å². The highest BCUT2D eigenvalue weighted by atomic mass is 16.6. The molecule has 0 saturated heterocycles. The second-order valence-electron chi connectivity index (χ2n) is 4.66. The van der Waals surface area contributed by atoms with Crippen molar-refractivity contribution in [3.8, 4) is 0 Å². The van der Waals surface area contributed by atoms with Crippen molar-refractivity contribution in [1.82, 2.24) is 4.90 Å². The van der Waals surface area contributed by atoms with E-state index >= 15 is 0 Å². The van der Waals surface area contributed by atoms with Gasteiger partial charge in [-0.1, -0.05) is 12.2 Å². The van der Waals surface area contributed by atoms with Gasteiger partial charge in [0, 0.05) is 6.42 Å². The van der Waals surface area contributed by atoms with Gasteiger partial charge in [-0.05, 0) is 40.9 Å². The van der Waals surface area contributed by atoms with Gasteiger partial charge in [0.15, 0.2) is 0 Å². The molecule has 110 valence electrons. The largest absolute Gasteiger partial charge is 0.462 e. The summed E-state index contributed by atoms with van der Waals surface area (Å²) in [6.45, 7) is 4.65. The Labute approximate surface area is 115 Å². The first kappa shape index (κ1) is 17.6. The molecule has 19 heavy (non-hydrogen) atoms. The van der Waals surface area contributed by atoms with Crippen molar-refractivity contribution < 1.29 is 19.1 Å². The molecule has 0 aromatic heterocycles. The maximum Gasteiger partial charge on any atom is 0.309 e. The van der Waals surface area contributed by atoms with Crippen LogP contribution >= 0.6 is 0 Å². The fourth-order valence-electron chi connectivity index (χ4n) is 1.40. The van der Waals surface area contributed by atoms with Crippen molar-refractivity contribution in [2.24, 2.45) is 0 Å². The SMILES string of the molecule is C/C=C\COC(=O)CC(C)OC(=O)CCCN(C)C. The molecule has 0 aliphatic heterocycles. The van der Waals surface area contributed by atoms with Crippen molar-refractivity contribution in [1.29, 1.82) is 0 Å². The molecule has 5 heteroatoms. The van der Waals surface area contributed by atoms with Gasteiger partial charge < -0.3 is 14.4 Å². The molecule has 0 aliphatic carbocycles. The number of carbonyl (C=O) groups is 2. The van der Waals surface area contributed by atoms with Crippen LogP contribution in [0.25, 0.3) is 0 Å². The van der Waals surface area contributed by atoms with E-state index in [1.807, 2.05) is 32.0 Å². The first-order valence-electron chi connectivity index (χ1n) is 6.56. The molecule has 0 spiro atoms. The van der Waals surface area contributed by atoms with Crippen LogP contribution in [0.4, 0.5) is 0 Å². The van der Waals surface area contributed by atoms with Crippen LogP contribution in [-0.2, 0) is 19.1 Å². The Morgan fingerprint density at radius 2 is 1.95 bits per heavy atom. The third-order valence-corrected chi connectivity index (χ3v) is 2.35. The molecule has 0 amide bonds. The van der Waals surface area contributed by atoms with Crippen molar-refractivity contribution in [2.75, 3.05) is 27.2 Å². The number of hydrogen-bond donors (Lipinski definition) is 0. The number of rotatable bonds is 9. The summed E-state index contributed by atoms with van der Waals surface area (Å²) in [4.78, 5) is 24.8. The van der Waals surface area contributed by atoms with E-state index in [-0.39, 0.29) is 25.0 Å². The summed E-state index contributed by atoms with van der Waals surface area (Å²) in [5.41, 5.74) is 0. The van der Waals surface area contributed by atoms with Crippen LogP contribution in [-0.4, -0.2) is 50.2 Å². The Hall–Kier alpha value is -1.36. The summed E-state index contributed by atoms with van der Waals surface area (Å²) in [5.74, 6) is -0.623. The molecule has 0 aromatic rings. The number of hydrogen-bond acceptors (Lipinski definition) is 5. The molecule has 0 N–H and O–H groups in total. The summed E-state index contributed by atoms with van der Waals surface area (Å²) in [6, 6.07) is 0. The van der Waals surface area contributed by atoms with Gasteiger partial charge in [0.05, 0.1) is 6.42 Å². The molecule has 0 aliphatic rings. The highest BCUT2D eigenvalue weighted by molar-refractivity contribution is 5.72. The van der Waals surface area contributed by atoms with Gasteiger partial charge >= 0.3 is 11.9 Å². The van der Waals surface area contributed by atoms with Crippen LogP contribution in [0.2, 0.25) is 0 Å². The van der Waals surface area contributed by atoms with E-state index < -0.39 is 6.10 Å². The first-order chi connectivity index (χ1) is 8.95. The minimum atomic E-state index is -0.440. The van der Waals surface area contributed by atoms with Crippen LogP contribution in [0.5, 0.6) is 0 Å². The van der Waals surface area contributed by atoms with E-state index in [9.17, 15) is 9.59 Å². The summed E-state index contributed by atoms with van der Waals surface area (Å²) in [6.07, 6.45) is 4.33. The Balaban J connectivity index is 3.74. The average molecular weight is 271 g/mol. The number of carbonyl (C=O) groups excluding carboxylic acids is 2. The summed E-state index contributed by atoms with van der Waals surface area (Å²) in [7, 11) is 3.91. The van der Waals surface area contributed by atoms with Gasteiger partial charge in [0.1, 0.15) is 12.7 Å². The molecule has 0 heterocycles. The first-order valence-corrected chi connectivity index (χ1v) is 6.56. The smallest absolute Gasteiger partial charge is 0.309 e. The van der Waals surface area contributed by atoms with E-state index in [0.717, 1.165) is 13.0 Å². The Bertz CT molecular complexity index is 300. The van der Waals surface area contributed by atoms with E-state index in [1.54, 1.807) is 13.0 Å². The topological polar surface area (TPSA) is 55.8 Å². The fraction of sp³-hybridized carbons (Fsp3) is 0.714. The third kappa shape index (κ3) is 11.5. The zero-order valence-electron chi connectivity index (χ0n) is 12.3. The normalized spacial score (nSPS) is 12.7. The average Bonchev–Trinajstić information content (AvgIpc) is 2.28. The van der Waals surface area contributed by atoms with Crippen LogP contribution in [0.15, 0.2) is 12.2 Å². The zero-order valence-corrected chi connectivity index (χ0v) is 12.3. The number of nitrogens with zero attached hydrogens (tertiary/aromatic N) is 1. The minimum Gasteiger partial charge on any atom is -0.462 e. The molecular formula is C14H25NO4. The van der Waals surface area contributed by atoms with Gasteiger partial charge in [-0.15, -0.1) is 0 Å². The van der Waals surface area contributed by atoms with Crippen LogP contribution in [0.3, 0.4) is 0 Å². The van der Waals surface area contributed by atoms with Crippen molar-refractivity contribution in [2.45, 2.75) is 39.2 Å². The molecule has 0 saturated carbocycles. The molecular weight excluding hydrogens is 246 g/mol. The molecule has 5 nitrogen and oxygen atoms in total. The van der Waals surface area contributed by atoms with Crippen molar-refractivity contribution in [3.63, 3.8) is 0 Å². The summed E-state index contributed by atoms with van der Waals surface area (Å²) in [5, 5.41) is 0. The second-order valence-corrected chi connectivity index (χ2v) is 4.66. The standard InChI is InChI=1S/C14H25NO4/c1-5-6-10-18-14(17)11-12(2)19-13(16)8-7-9-15(3)4/h5-6,12H,7-11H2,1-4H3/b6-5-. The van der Waals surface area contributed by atoms with Crippen LogP contribution in [0.1, 0.15) is 33.1 Å². The maximum atomic E-state index is 11.5. The molecule has 0 rings (SSSR count).